The Morgan fingerprint density at radius 2 is 1.65 bits per heavy atom. The number of nitrogens with one attached hydrogen (secondary N) is 1. The summed E-state index contributed by atoms with van der Waals surface area (Å²) in [7, 11) is -3.88. The molecule has 0 saturated heterocycles. The van der Waals surface area contributed by atoms with Gasteiger partial charge in [0.15, 0.2) is 0 Å². The number of carbonyl (C=O) groups excluding carboxylic acids is 1. The number of thioether (sulfide) groups is 1. The lowest BCUT2D eigenvalue weighted by molar-refractivity contribution is -0.116. The third kappa shape index (κ3) is 4.62. The number of rotatable bonds is 6. The first-order valence-corrected chi connectivity index (χ1v) is 12.3. The Bertz CT molecular complexity index is 1220. The van der Waals surface area contributed by atoms with E-state index in [0.29, 0.717) is 0 Å². The summed E-state index contributed by atoms with van der Waals surface area (Å²) in [6.45, 7) is 7.53. The second-order valence-electron chi connectivity index (χ2n) is 7.52. The zero-order valence-electron chi connectivity index (χ0n) is 18.2. The van der Waals surface area contributed by atoms with Crippen molar-refractivity contribution in [2.24, 2.45) is 0 Å². The van der Waals surface area contributed by atoms with E-state index in [1.54, 1.807) is 30.5 Å². The predicted octanol–water partition coefficient (Wildman–Crippen LogP) is 3.89. The van der Waals surface area contributed by atoms with Gasteiger partial charge >= 0.3 is 0 Å². The minimum absolute atomic E-state index is 0.0579. The number of benzene rings is 2. The SMILES string of the molecule is CSc1nn(CC(=O)Nc2c(C)cc(C)cc2C)c(N)c1S(=O)(=O)c1ccc(C)cc1. The van der Waals surface area contributed by atoms with Crippen LogP contribution in [-0.2, 0) is 21.2 Å². The van der Waals surface area contributed by atoms with Crippen LogP contribution in [0.4, 0.5) is 11.5 Å². The molecule has 0 bridgehead atoms. The first-order chi connectivity index (χ1) is 14.5. The van der Waals surface area contributed by atoms with Crippen molar-refractivity contribution in [1.82, 2.24) is 9.78 Å². The topological polar surface area (TPSA) is 107 Å². The highest BCUT2D eigenvalue weighted by atomic mass is 32.2. The lowest BCUT2D eigenvalue weighted by Crippen LogP contribution is -2.22. The van der Waals surface area contributed by atoms with E-state index in [-0.39, 0.29) is 33.1 Å². The maximum atomic E-state index is 13.2. The summed E-state index contributed by atoms with van der Waals surface area (Å²) in [5.41, 5.74) is 10.9. The summed E-state index contributed by atoms with van der Waals surface area (Å²) >= 11 is 1.17. The van der Waals surface area contributed by atoms with Gasteiger partial charge in [-0.3, -0.25) is 4.79 Å². The Balaban J connectivity index is 1.93. The van der Waals surface area contributed by atoms with E-state index in [4.69, 9.17) is 5.73 Å². The number of nitrogens with zero attached hydrogens (tertiary/aromatic N) is 2. The number of nitrogens with two attached hydrogens (primary N) is 1. The fraction of sp³-hybridized carbons (Fsp3) is 0.273. The van der Waals surface area contributed by atoms with Crippen LogP contribution in [-0.4, -0.2) is 30.4 Å². The Kier molecular flexibility index (Phi) is 6.47. The molecule has 3 N–H and O–H groups in total. The van der Waals surface area contributed by atoms with Gasteiger partial charge < -0.3 is 11.1 Å². The summed E-state index contributed by atoms with van der Waals surface area (Å²) in [4.78, 5) is 12.8. The zero-order valence-corrected chi connectivity index (χ0v) is 19.8. The van der Waals surface area contributed by atoms with Crippen molar-refractivity contribution in [3.05, 3.63) is 58.7 Å². The Hall–Kier alpha value is -2.78. The molecule has 0 radical (unpaired) electrons. The summed E-state index contributed by atoms with van der Waals surface area (Å²) in [6.07, 6.45) is 1.72. The van der Waals surface area contributed by atoms with Gasteiger partial charge in [-0.25, -0.2) is 13.1 Å². The van der Waals surface area contributed by atoms with Crippen LogP contribution in [0.3, 0.4) is 0 Å². The minimum atomic E-state index is -3.88. The third-order valence-electron chi connectivity index (χ3n) is 4.94. The Morgan fingerprint density at radius 1 is 1.06 bits per heavy atom. The molecule has 1 heterocycles. The lowest BCUT2D eigenvalue weighted by atomic mass is 10.1. The van der Waals surface area contributed by atoms with E-state index in [1.165, 1.54) is 16.4 Å². The molecule has 0 fully saturated rings. The van der Waals surface area contributed by atoms with Gasteiger partial charge in [-0.1, -0.05) is 35.4 Å². The van der Waals surface area contributed by atoms with E-state index in [1.807, 2.05) is 39.8 Å². The van der Waals surface area contributed by atoms with Crippen LogP contribution in [0.25, 0.3) is 0 Å². The van der Waals surface area contributed by atoms with Crippen LogP contribution in [0, 0.1) is 27.7 Å². The van der Waals surface area contributed by atoms with Gasteiger partial charge in [0.25, 0.3) is 0 Å². The summed E-state index contributed by atoms with van der Waals surface area (Å²) in [6, 6.07) is 10.5. The molecular formula is C22H26N4O3S2. The largest absolute Gasteiger partial charge is 0.383 e. The number of hydrogen-bond acceptors (Lipinski definition) is 6. The number of anilines is 2. The fourth-order valence-electron chi connectivity index (χ4n) is 3.47. The molecule has 1 aromatic heterocycles. The number of carbonyl (C=O) groups is 1. The molecule has 2 aromatic carbocycles. The van der Waals surface area contributed by atoms with Crippen molar-refractivity contribution in [3.63, 3.8) is 0 Å². The maximum Gasteiger partial charge on any atom is 0.246 e. The number of sulfone groups is 1. The maximum absolute atomic E-state index is 13.2. The fourth-order valence-corrected chi connectivity index (χ4v) is 5.90. The molecule has 164 valence electrons. The summed E-state index contributed by atoms with van der Waals surface area (Å²) in [5.74, 6) is -0.395. The molecular weight excluding hydrogens is 432 g/mol. The van der Waals surface area contributed by atoms with Crippen LogP contribution in [0.2, 0.25) is 0 Å². The molecule has 0 unspecified atom stereocenters. The van der Waals surface area contributed by atoms with Gasteiger partial charge in [-0.05, 0) is 57.2 Å². The smallest absolute Gasteiger partial charge is 0.246 e. The number of aryl methyl sites for hydroxylation is 4. The number of aromatic nitrogens is 2. The van der Waals surface area contributed by atoms with Gasteiger partial charge in [0.05, 0.1) is 4.90 Å². The molecule has 9 heteroatoms. The molecule has 0 aliphatic rings. The molecule has 1 amide bonds. The van der Waals surface area contributed by atoms with Gasteiger partial charge in [-0.15, -0.1) is 11.8 Å². The molecule has 0 saturated carbocycles. The van der Waals surface area contributed by atoms with Gasteiger partial charge in [0.2, 0.25) is 15.7 Å². The van der Waals surface area contributed by atoms with Crippen LogP contribution < -0.4 is 11.1 Å². The summed E-state index contributed by atoms with van der Waals surface area (Å²) in [5, 5.41) is 7.44. The Morgan fingerprint density at radius 3 is 2.19 bits per heavy atom. The quantitative estimate of drug-likeness (QED) is 0.543. The summed E-state index contributed by atoms with van der Waals surface area (Å²) < 4.78 is 27.7. The first kappa shape index (κ1) is 22.9. The number of hydrogen-bond donors (Lipinski definition) is 2. The molecule has 0 aliphatic heterocycles. The van der Waals surface area contributed by atoms with Gasteiger partial charge in [0, 0.05) is 5.69 Å². The number of amides is 1. The van der Waals surface area contributed by atoms with E-state index in [9.17, 15) is 13.2 Å². The lowest BCUT2D eigenvalue weighted by Gasteiger charge is -2.13. The minimum Gasteiger partial charge on any atom is -0.383 e. The normalized spacial score (nSPS) is 11.5. The van der Waals surface area contributed by atoms with Crippen molar-refractivity contribution in [3.8, 4) is 0 Å². The van der Waals surface area contributed by atoms with E-state index in [2.05, 4.69) is 10.4 Å². The van der Waals surface area contributed by atoms with Crippen molar-refractivity contribution in [1.29, 1.82) is 0 Å². The van der Waals surface area contributed by atoms with Crippen LogP contribution in [0.1, 0.15) is 22.3 Å². The van der Waals surface area contributed by atoms with Crippen LogP contribution >= 0.6 is 11.8 Å². The molecule has 3 aromatic rings. The predicted molar refractivity (Wildman–Crippen MR) is 124 cm³/mol. The zero-order chi connectivity index (χ0) is 22.9. The molecule has 3 rings (SSSR count). The van der Waals surface area contributed by atoms with Crippen molar-refractivity contribution < 1.29 is 13.2 Å². The molecule has 31 heavy (non-hydrogen) atoms. The highest BCUT2D eigenvalue weighted by molar-refractivity contribution is 7.99. The van der Waals surface area contributed by atoms with Crippen molar-refractivity contribution in [2.45, 2.75) is 49.1 Å². The molecule has 0 spiro atoms. The standard InChI is InChI=1S/C22H26N4O3S2/c1-13-6-8-17(9-7-13)31(28,29)20-21(23)26(25-22(20)30-5)12-18(27)24-19-15(3)10-14(2)11-16(19)4/h6-11H,12,23H2,1-5H3,(H,24,27). The van der Waals surface area contributed by atoms with E-state index >= 15 is 0 Å². The molecule has 0 aliphatic carbocycles. The molecule has 7 nitrogen and oxygen atoms in total. The average molecular weight is 459 g/mol. The highest BCUT2D eigenvalue weighted by Gasteiger charge is 2.29. The van der Waals surface area contributed by atoms with Crippen molar-refractivity contribution in [2.75, 3.05) is 17.3 Å². The van der Waals surface area contributed by atoms with Crippen molar-refractivity contribution >= 4 is 39.0 Å². The first-order valence-electron chi connectivity index (χ1n) is 9.64. The van der Waals surface area contributed by atoms with Crippen LogP contribution in [0.15, 0.2) is 51.2 Å². The third-order valence-corrected chi connectivity index (χ3v) is 7.58. The monoisotopic (exact) mass is 458 g/mol. The highest BCUT2D eigenvalue weighted by Crippen LogP contribution is 2.34. The molecule has 0 atom stereocenters. The van der Waals surface area contributed by atoms with Crippen LogP contribution in [0.5, 0.6) is 0 Å². The van der Waals surface area contributed by atoms with E-state index < -0.39 is 9.84 Å². The van der Waals surface area contributed by atoms with Gasteiger partial charge in [0.1, 0.15) is 22.3 Å². The number of nitrogen functional groups attached to an aromatic ring is 1. The second kappa shape index (κ2) is 8.76. The van der Waals surface area contributed by atoms with Gasteiger partial charge in [-0.2, -0.15) is 5.10 Å². The average Bonchev–Trinajstić information content (AvgIpc) is 3.01. The Labute approximate surface area is 187 Å². The van der Waals surface area contributed by atoms with E-state index in [0.717, 1.165) is 27.9 Å². The second-order valence-corrected chi connectivity index (χ2v) is 10.2.